The van der Waals surface area contributed by atoms with Gasteiger partial charge in [0.2, 0.25) is 0 Å². The summed E-state index contributed by atoms with van der Waals surface area (Å²) in [6.45, 7) is 13.3. The van der Waals surface area contributed by atoms with Crippen molar-refractivity contribution < 1.29 is 4.39 Å². The van der Waals surface area contributed by atoms with Crippen molar-refractivity contribution in [2.45, 2.75) is 52.4 Å². The van der Waals surface area contributed by atoms with Gasteiger partial charge in [-0.3, -0.25) is 0 Å². The molecule has 0 atom stereocenters. The molecule has 1 nitrogen and oxygen atoms in total. The van der Waals surface area contributed by atoms with Gasteiger partial charge in [-0.15, -0.1) is 0 Å². The fourth-order valence-electron chi connectivity index (χ4n) is 3.88. The third-order valence-corrected chi connectivity index (χ3v) is 6.04. The molecule has 1 aromatic heterocycles. The van der Waals surface area contributed by atoms with Gasteiger partial charge in [-0.25, -0.2) is 4.39 Å². The van der Waals surface area contributed by atoms with Crippen molar-refractivity contribution in [2.75, 3.05) is 0 Å². The molecule has 0 bridgehead atoms. The molecule has 0 aliphatic carbocycles. The van der Waals surface area contributed by atoms with Crippen molar-refractivity contribution >= 4 is 33.4 Å². The van der Waals surface area contributed by atoms with E-state index in [-0.39, 0.29) is 15.9 Å². The summed E-state index contributed by atoms with van der Waals surface area (Å²) in [6, 6.07) is 18.1. The molecule has 1 heterocycles. The average Bonchev–Trinajstić information content (AvgIpc) is 2.95. The van der Waals surface area contributed by atoms with Crippen LogP contribution >= 0.6 is 11.6 Å². The van der Waals surface area contributed by atoms with E-state index in [9.17, 15) is 4.39 Å². The Hall–Kier alpha value is -2.32. The molecule has 3 heteroatoms. The number of hydrogen-bond acceptors (Lipinski definition) is 0. The van der Waals surface area contributed by atoms with Crippen molar-refractivity contribution in [2.24, 2.45) is 0 Å². The van der Waals surface area contributed by atoms with Crippen LogP contribution in [0, 0.1) is 5.82 Å². The maximum Gasteiger partial charge on any atom is 0.143 e. The molecule has 0 unspecified atom stereocenters. The molecule has 0 saturated heterocycles. The molecular weight excluding hydrogens is 381 g/mol. The van der Waals surface area contributed by atoms with Gasteiger partial charge in [-0.1, -0.05) is 71.3 Å². The topological polar surface area (TPSA) is 4.93 Å². The van der Waals surface area contributed by atoms with Gasteiger partial charge in [0.05, 0.1) is 16.7 Å². The van der Waals surface area contributed by atoms with Crippen molar-refractivity contribution in [1.82, 2.24) is 4.57 Å². The van der Waals surface area contributed by atoms with E-state index in [1.165, 1.54) is 28.0 Å². The average molecular weight is 408 g/mol. The molecule has 0 saturated carbocycles. The Balaban J connectivity index is 2.16. The van der Waals surface area contributed by atoms with Gasteiger partial charge in [-0.2, -0.15) is 0 Å². The number of fused-ring (bicyclic) bond motifs is 3. The molecule has 0 fully saturated rings. The zero-order valence-corrected chi connectivity index (χ0v) is 18.7. The predicted octanol–water partition coefficient (Wildman–Crippen LogP) is 8.17. The minimum Gasteiger partial charge on any atom is -0.308 e. The maximum absolute atomic E-state index is 14.3. The van der Waals surface area contributed by atoms with E-state index in [0.29, 0.717) is 5.69 Å². The summed E-state index contributed by atoms with van der Waals surface area (Å²) in [6.07, 6.45) is 0. The quantitative estimate of drug-likeness (QED) is 0.300. The highest BCUT2D eigenvalue weighted by molar-refractivity contribution is 6.32. The van der Waals surface area contributed by atoms with Crippen molar-refractivity contribution in [3.8, 4) is 5.69 Å². The molecule has 0 amide bonds. The number of nitrogens with zero attached hydrogens (tertiary/aromatic N) is 1. The van der Waals surface area contributed by atoms with E-state index in [4.69, 9.17) is 11.6 Å². The second-order valence-electron chi connectivity index (χ2n) is 9.87. The fourth-order valence-corrected chi connectivity index (χ4v) is 4.09. The second-order valence-corrected chi connectivity index (χ2v) is 10.3. The summed E-state index contributed by atoms with van der Waals surface area (Å²) in [7, 11) is 0. The molecule has 0 spiro atoms. The molecule has 3 aromatic carbocycles. The van der Waals surface area contributed by atoms with Gasteiger partial charge >= 0.3 is 0 Å². The minimum absolute atomic E-state index is 0.0424. The molecule has 150 valence electrons. The number of benzene rings is 3. The Morgan fingerprint density at radius 1 is 0.724 bits per heavy atom. The van der Waals surface area contributed by atoms with Crippen LogP contribution in [-0.4, -0.2) is 4.57 Å². The Morgan fingerprint density at radius 3 is 1.66 bits per heavy atom. The lowest BCUT2D eigenvalue weighted by Crippen LogP contribution is -2.10. The molecule has 0 aliphatic heterocycles. The standard InChI is InChI=1S/C26H27ClFN/c1-25(2,3)16-10-12-21-18(14-16)19-15-17(26(4,5)6)11-13-22(19)29(21)23-9-7-8-20(28)24(23)27/h7-15H,1-6H3. The number of hydrogen-bond donors (Lipinski definition) is 0. The Labute approximate surface area is 177 Å². The van der Waals surface area contributed by atoms with E-state index >= 15 is 0 Å². The monoisotopic (exact) mass is 407 g/mol. The highest BCUT2D eigenvalue weighted by Gasteiger charge is 2.21. The van der Waals surface area contributed by atoms with Crippen molar-refractivity contribution in [3.63, 3.8) is 0 Å². The van der Waals surface area contributed by atoms with Crippen molar-refractivity contribution in [3.05, 3.63) is 76.6 Å². The van der Waals surface area contributed by atoms with Gasteiger partial charge in [0.25, 0.3) is 0 Å². The SMILES string of the molecule is CC(C)(C)c1ccc2c(c1)c1cc(C(C)(C)C)ccc1n2-c1cccc(F)c1Cl. The van der Waals surface area contributed by atoms with Crippen LogP contribution in [-0.2, 0) is 10.8 Å². The van der Waals surface area contributed by atoms with Crippen LogP contribution < -0.4 is 0 Å². The van der Waals surface area contributed by atoms with E-state index in [0.717, 1.165) is 11.0 Å². The van der Waals surface area contributed by atoms with E-state index < -0.39 is 5.82 Å². The molecule has 0 N–H and O–H groups in total. The lowest BCUT2D eigenvalue weighted by molar-refractivity contribution is 0.590. The van der Waals surface area contributed by atoms with E-state index in [1.807, 2.05) is 6.07 Å². The molecule has 4 aromatic rings. The Bertz CT molecular complexity index is 1160. The normalized spacial score (nSPS) is 12.8. The highest BCUT2D eigenvalue weighted by Crippen LogP contribution is 2.39. The summed E-state index contributed by atoms with van der Waals surface area (Å²) in [5.74, 6) is -0.406. The molecule has 0 aliphatic rings. The van der Waals surface area contributed by atoms with Crippen LogP contribution in [0.5, 0.6) is 0 Å². The number of aromatic nitrogens is 1. The molecule has 29 heavy (non-hydrogen) atoms. The summed E-state index contributed by atoms with van der Waals surface area (Å²) >= 11 is 6.40. The first-order valence-corrected chi connectivity index (χ1v) is 10.4. The predicted molar refractivity (Wildman–Crippen MR) is 123 cm³/mol. The first kappa shape index (κ1) is 20.0. The first-order chi connectivity index (χ1) is 13.5. The summed E-state index contributed by atoms with van der Waals surface area (Å²) in [5.41, 5.74) is 5.37. The summed E-state index contributed by atoms with van der Waals surface area (Å²) < 4.78 is 16.3. The summed E-state index contributed by atoms with van der Waals surface area (Å²) in [5, 5.41) is 2.48. The van der Waals surface area contributed by atoms with Gasteiger partial charge in [-0.05, 0) is 58.4 Å². The lowest BCUT2D eigenvalue weighted by atomic mass is 9.85. The third kappa shape index (κ3) is 3.34. The van der Waals surface area contributed by atoms with Gasteiger partial charge in [0.1, 0.15) is 10.8 Å². The van der Waals surface area contributed by atoms with Crippen LogP contribution in [0.25, 0.3) is 27.5 Å². The zero-order chi connectivity index (χ0) is 21.1. The van der Waals surface area contributed by atoms with E-state index in [2.05, 4.69) is 82.5 Å². The Morgan fingerprint density at radius 2 is 1.21 bits per heavy atom. The second kappa shape index (κ2) is 6.60. The molecule has 4 rings (SSSR count). The maximum atomic E-state index is 14.3. The van der Waals surface area contributed by atoms with Crippen LogP contribution in [0.1, 0.15) is 52.7 Å². The van der Waals surface area contributed by atoms with Crippen molar-refractivity contribution in [1.29, 1.82) is 0 Å². The van der Waals surface area contributed by atoms with Crippen LogP contribution in [0.4, 0.5) is 4.39 Å². The smallest absolute Gasteiger partial charge is 0.143 e. The number of rotatable bonds is 1. The number of halogens is 2. The molecule has 0 radical (unpaired) electrons. The van der Waals surface area contributed by atoms with Gasteiger partial charge < -0.3 is 4.57 Å². The van der Waals surface area contributed by atoms with Gasteiger partial charge in [0.15, 0.2) is 0 Å². The lowest BCUT2D eigenvalue weighted by Gasteiger charge is -2.19. The van der Waals surface area contributed by atoms with Crippen LogP contribution in [0.3, 0.4) is 0 Å². The van der Waals surface area contributed by atoms with E-state index in [1.54, 1.807) is 6.07 Å². The van der Waals surface area contributed by atoms with Gasteiger partial charge in [0, 0.05) is 10.8 Å². The molecular formula is C26H27ClFN. The third-order valence-electron chi connectivity index (χ3n) is 5.67. The summed E-state index contributed by atoms with van der Waals surface area (Å²) in [4.78, 5) is 0. The first-order valence-electron chi connectivity index (χ1n) is 10.0. The van der Waals surface area contributed by atoms with Crippen LogP contribution in [0.2, 0.25) is 5.02 Å². The zero-order valence-electron chi connectivity index (χ0n) is 17.9. The fraction of sp³-hybridized carbons (Fsp3) is 0.308. The Kier molecular flexibility index (Phi) is 4.55. The van der Waals surface area contributed by atoms with Crippen LogP contribution in [0.15, 0.2) is 54.6 Å². The largest absolute Gasteiger partial charge is 0.308 e. The highest BCUT2D eigenvalue weighted by atomic mass is 35.5. The minimum atomic E-state index is -0.406.